The minimum absolute atomic E-state index is 0.124. The monoisotopic (exact) mass is 338 g/mol. The molecule has 0 spiro atoms. The van der Waals surface area contributed by atoms with E-state index >= 15 is 0 Å². The highest BCUT2D eigenvalue weighted by molar-refractivity contribution is 6.09. The maximum absolute atomic E-state index is 12.7. The second-order valence-electron chi connectivity index (χ2n) is 6.56. The van der Waals surface area contributed by atoms with Crippen LogP contribution in [-0.4, -0.2) is 18.5 Å². The Labute approximate surface area is 148 Å². The fourth-order valence-corrected chi connectivity index (χ4v) is 1.97. The van der Waals surface area contributed by atoms with Crippen LogP contribution in [-0.2, 0) is 14.3 Å². The van der Waals surface area contributed by atoms with Crippen LogP contribution in [0.15, 0.2) is 66.4 Å². The topological polar surface area (TPSA) is 52.6 Å². The van der Waals surface area contributed by atoms with E-state index in [1.807, 2.05) is 36.4 Å². The molecule has 0 aliphatic carbocycles. The summed E-state index contributed by atoms with van der Waals surface area (Å²) in [5, 5.41) is 0. The summed E-state index contributed by atoms with van der Waals surface area (Å²) in [6.45, 7) is 4.95. The van der Waals surface area contributed by atoms with E-state index < -0.39 is 11.4 Å². The van der Waals surface area contributed by atoms with Gasteiger partial charge in [-0.2, -0.15) is 0 Å². The molecule has 0 heterocycles. The van der Waals surface area contributed by atoms with Gasteiger partial charge in [-0.3, -0.25) is 9.59 Å². The molecule has 4 heteroatoms. The average molecular weight is 338 g/mol. The summed E-state index contributed by atoms with van der Waals surface area (Å²) in [6, 6.07) is 18.2. The van der Waals surface area contributed by atoms with Gasteiger partial charge in [0.05, 0.1) is 5.41 Å². The third kappa shape index (κ3) is 5.60. The number of Topliss-reactive ketones (excluding diaryl/α,β-unsaturated/α-hetero) is 1. The van der Waals surface area contributed by atoms with E-state index in [4.69, 9.17) is 9.47 Å². The lowest BCUT2D eigenvalue weighted by atomic mass is 9.98. The number of carbonyl (C=O) groups excluding carboxylic acids is 2. The molecule has 0 aliphatic heterocycles. The first kappa shape index (κ1) is 18.5. The molecule has 0 atom stereocenters. The van der Waals surface area contributed by atoms with Gasteiger partial charge in [-0.05, 0) is 32.4 Å². The third-order valence-electron chi connectivity index (χ3n) is 3.37. The summed E-state index contributed by atoms with van der Waals surface area (Å²) in [4.78, 5) is 24.5. The van der Waals surface area contributed by atoms with Crippen LogP contribution in [0.4, 0.5) is 0 Å². The number of ketones is 1. The normalized spacial score (nSPS) is 11.7. The van der Waals surface area contributed by atoms with E-state index in [0.29, 0.717) is 5.56 Å². The number of carbonyl (C=O) groups is 2. The Bertz CT molecular complexity index is 740. The highest BCUT2D eigenvalue weighted by Gasteiger charge is 2.23. The maximum atomic E-state index is 12.7. The summed E-state index contributed by atoms with van der Waals surface area (Å²) in [6.07, 6.45) is 1.64. The van der Waals surface area contributed by atoms with Gasteiger partial charge in [0.25, 0.3) is 0 Å². The second-order valence-corrected chi connectivity index (χ2v) is 6.56. The first-order valence-corrected chi connectivity index (χ1v) is 8.04. The summed E-state index contributed by atoms with van der Waals surface area (Å²) in [5.41, 5.74) is 0.701. The molecule has 2 rings (SSSR count). The highest BCUT2D eigenvalue weighted by atomic mass is 16.7. The van der Waals surface area contributed by atoms with Gasteiger partial charge in [0.2, 0.25) is 12.6 Å². The fraction of sp³-hybridized carbons (Fsp3) is 0.238. The van der Waals surface area contributed by atoms with Crippen LogP contribution in [0.5, 0.6) is 0 Å². The number of allylic oxidation sites excluding steroid dienone is 1. The Morgan fingerprint density at radius 3 is 2.00 bits per heavy atom. The van der Waals surface area contributed by atoms with Crippen molar-refractivity contribution in [3.63, 3.8) is 0 Å². The number of esters is 1. The average Bonchev–Trinajstić information content (AvgIpc) is 2.61. The molecule has 130 valence electrons. The van der Waals surface area contributed by atoms with Gasteiger partial charge in [-0.15, -0.1) is 0 Å². The van der Waals surface area contributed by atoms with Gasteiger partial charge in [0.1, 0.15) is 0 Å². The SMILES string of the molecule is CC(C)(C)C(=O)OCO/C(=C\c1ccccc1)C(=O)c1ccccc1. The van der Waals surface area contributed by atoms with Crippen molar-refractivity contribution >= 4 is 17.8 Å². The van der Waals surface area contributed by atoms with Crippen LogP contribution in [0.2, 0.25) is 0 Å². The number of rotatable bonds is 6. The molecule has 0 amide bonds. The summed E-state index contributed by atoms with van der Waals surface area (Å²) >= 11 is 0. The Morgan fingerprint density at radius 1 is 0.880 bits per heavy atom. The fourth-order valence-electron chi connectivity index (χ4n) is 1.97. The number of benzene rings is 2. The van der Waals surface area contributed by atoms with Gasteiger partial charge in [-0.25, -0.2) is 0 Å². The van der Waals surface area contributed by atoms with Crippen molar-refractivity contribution in [3.05, 3.63) is 77.5 Å². The minimum atomic E-state index is -0.629. The van der Waals surface area contributed by atoms with Gasteiger partial charge < -0.3 is 9.47 Å². The smallest absolute Gasteiger partial charge is 0.314 e. The van der Waals surface area contributed by atoms with Crippen molar-refractivity contribution < 1.29 is 19.1 Å². The molecule has 0 radical (unpaired) electrons. The van der Waals surface area contributed by atoms with Crippen molar-refractivity contribution in [2.24, 2.45) is 5.41 Å². The van der Waals surface area contributed by atoms with E-state index in [2.05, 4.69) is 0 Å². The van der Waals surface area contributed by atoms with Gasteiger partial charge >= 0.3 is 5.97 Å². The number of ether oxygens (including phenoxy) is 2. The molecule has 0 N–H and O–H groups in total. The van der Waals surface area contributed by atoms with Crippen molar-refractivity contribution in [1.82, 2.24) is 0 Å². The van der Waals surface area contributed by atoms with Gasteiger partial charge in [-0.1, -0.05) is 60.7 Å². The predicted octanol–water partition coefficient (Wildman–Crippen LogP) is 4.47. The Hall–Kier alpha value is -2.88. The molecule has 0 fully saturated rings. The molecule has 2 aromatic rings. The molecule has 0 aromatic heterocycles. The van der Waals surface area contributed by atoms with E-state index in [1.54, 1.807) is 51.1 Å². The quantitative estimate of drug-likeness (QED) is 0.256. The largest absolute Gasteiger partial charge is 0.453 e. The zero-order valence-corrected chi connectivity index (χ0v) is 14.7. The molecule has 0 saturated heterocycles. The van der Waals surface area contributed by atoms with Gasteiger partial charge in [0, 0.05) is 5.56 Å². The molecular formula is C21H22O4. The van der Waals surface area contributed by atoms with Crippen LogP contribution >= 0.6 is 0 Å². The van der Waals surface area contributed by atoms with E-state index in [0.717, 1.165) is 5.56 Å². The molecule has 0 saturated carbocycles. The summed E-state index contributed by atoms with van der Waals surface area (Å²) in [7, 11) is 0. The molecule has 0 bridgehead atoms. The molecule has 0 unspecified atom stereocenters. The number of hydrogen-bond donors (Lipinski definition) is 0. The van der Waals surface area contributed by atoms with Crippen LogP contribution in [0.3, 0.4) is 0 Å². The highest BCUT2D eigenvalue weighted by Crippen LogP contribution is 2.17. The maximum Gasteiger partial charge on any atom is 0.314 e. The lowest BCUT2D eigenvalue weighted by Crippen LogP contribution is -2.24. The first-order valence-electron chi connectivity index (χ1n) is 8.04. The zero-order valence-electron chi connectivity index (χ0n) is 14.7. The summed E-state index contributed by atoms with van der Waals surface area (Å²) < 4.78 is 10.6. The minimum Gasteiger partial charge on any atom is -0.453 e. The first-order chi connectivity index (χ1) is 11.9. The van der Waals surface area contributed by atoms with E-state index in [-0.39, 0.29) is 18.3 Å². The Morgan fingerprint density at radius 2 is 1.44 bits per heavy atom. The Balaban J connectivity index is 2.17. The van der Waals surface area contributed by atoms with Crippen molar-refractivity contribution in [1.29, 1.82) is 0 Å². The van der Waals surface area contributed by atoms with E-state index in [9.17, 15) is 9.59 Å². The van der Waals surface area contributed by atoms with Crippen LogP contribution in [0.25, 0.3) is 6.08 Å². The van der Waals surface area contributed by atoms with Crippen LogP contribution < -0.4 is 0 Å². The lowest BCUT2D eigenvalue weighted by Gasteiger charge is -2.17. The standard InChI is InChI=1S/C21H22O4/c1-21(2,3)20(23)25-15-24-18(14-16-10-6-4-7-11-16)19(22)17-12-8-5-9-13-17/h4-14H,15H2,1-3H3/b18-14-. The predicted molar refractivity (Wildman–Crippen MR) is 96.7 cm³/mol. The van der Waals surface area contributed by atoms with Gasteiger partial charge in [0.15, 0.2) is 5.76 Å². The molecule has 2 aromatic carbocycles. The zero-order chi connectivity index (χ0) is 18.3. The summed E-state index contributed by atoms with van der Waals surface area (Å²) in [5.74, 6) is -0.533. The molecule has 4 nitrogen and oxygen atoms in total. The lowest BCUT2D eigenvalue weighted by molar-refractivity contribution is -0.162. The molecule has 0 aliphatic rings. The third-order valence-corrected chi connectivity index (χ3v) is 3.37. The number of hydrogen-bond acceptors (Lipinski definition) is 4. The van der Waals surface area contributed by atoms with Crippen LogP contribution in [0.1, 0.15) is 36.7 Å². The van der Waals surface area contributed by atoms with Crippen LogP contribution in [0, 0.1) is 5.41 Å². The van der Waals surface area contributed by atoms with Crippen molar-refractivity contribution in [2.45, 2.75) is 20.8 Å². The second kappa shape index (κ2) is 8.29. The van der Waals surface area contributed by atoms with Crippen molar-refractivity contribution in [3.8, 4) is 0 Å². The van der Waals surface area contributed by atoms with Crippen molar-refractivity contribution in [2.75, 3.05) is 6.79 Å². The molecular weight excluding hydrogens is 316 g/mol. The van der Waals surface area contributed by atoms with E-state index in [1.165, 1.54) is 0 Å². The Kier molecular flexibility index (Phi) is 6.12. The molecule has 25 heavy (non-hydrogen) atoms.